The van der Waals surface area contributed by atoms with E-state index in [0.29, 0.717) is 28.4 Å². The van der Waals surface area contributed by atoms with Gasteiger partial charge in [-0.2, -0.15) is 0 Å². The monoisotopic (exact) mass is 421 g/mol. The fourth-order valence-corrected chi connectivity index (χ4v) is 4.22. The van der Waals surface area contributed by atoms with Crippen LogP contribution in [0, 0.1) is 12.7 Å². The summed E-state index contributed by atoms with van der Waals surface area (Å²) < 4.78 is 21.5. The summed E-state index contributed by atoms with van der Waals surface area (Å²) in [5, 5.41) is 0. The first-order chi connectivity index (χ1) is 15.0. The largest absolute Gasteiger partial charge is 0.441 e. The van der Waals surface area contributed by atoms with Crippen LogP contribution in [0.3, 0.4) is 0 Å². The lowest BCUT2D eigenvalue weighted by molar-refractivity contribution is 0.258. The van der Waals surface area contributed by atoms with Crippen LogP contribution in [-0.2, 0) is 0 Å². The summed E-state index contributed by atoms with van der Waals surface area (Å²) in [6.45, 7) is 8.89. The van der Waals surface area contributed by atoms with E-state index in [9.17, 15) is 9.18 Å². The fourth-order valence-electron chi connectivity index (χ4n) is 4.22. The van der Waals surface area contributed by atoms with Gasteiger partial charge in [0.2, 0.25) is 0 Å². The van der Waals surface area contributed by atoms with Crippen LogP contribution in [0.5, 0.6) is 0 Å². The van der Waals surface area contributed by atoms with Crippen molar-refractivity contribution in [3.8, 4) is 11.3 Å². The van der Waals surface area contributed by atoms with Crippen molar-refractivity contribution in [1.82, 2.24) is 19.3 Å². The van der Waals surface area contributed by atoms with Gasteiger partial charge < -0.3 is 9.32 Å². The van der Waals surface area contributed by atoms with Gasteiger partial charge >= 0.3 is 0 Å². The highest BCUT2D eigenvalue weighted by Crippen LogP contribution is 2.26. The van der Waals surface area contributed by atoms with Crippen molar-refractivity contribution in [2.75, 3.05) is 37.6 Å². The third-order valence-electron chi connectivity index (χ3n) is 5.77. The number of aryl methyl sites for hydroxylation is 1. The van der Waals surface area contributed by atoms with Gasteiger partial charge in [0.05, 0.1) is 11.4 Å². The number of halogens is 1. The number of fused-ring (bicyclic) bond motifs is 2. The molecule has 0 N–H and O–H groups in total. The number of benzene rings is 1. The minimum atomic E-state index is -0.496. The molecular weight excluding hydrogens is 397 g/mol. The van der Waals surface area contributed by atoms with Crippen LogP contribution < -0.4 is 10.5 Å². The Morgan fingerprint density at radius 1 is 1.10 bits per heavy atom. The van der Waals surface area contributed by atoms with Crippen molar-refractivity contribution in [3.05, 3.63) is 58.6 Å². The summed E-state index contributed by atoms with van der Waals surface area (Å²) in [7, 11) is 0. The molecule has 0 aliphatic carbocycles. The van der Waals surface area contributed by atoms with Gasteiger partial charge in [-0.1, -0.05) is 6.92 Å². The Kier molecular flexibility index (Phi) is 4.94. The average molecular weight is 421 g/mol. The lowest BCUT2D eigenvalue weighted by Crippen LogP contribution is -2.46. The molecule has 5 rings (SSSR count). The van der Waals surface area contributed by atoms with E-state index >= 15 is 0 Å². The molecule has 1 saturated heterocycles. The minimum Gasteiger partial charge on any atom is -0.441 e. The lowest BCUT2D eigenvalue weighted by Gasteiger charge is -2.35. The quantitative estimate of drug-likeness (QED) is 0.503. The van der Waals surface area contributed by atoms with Gasteiger partial charge in [-0.05, 0) is 37.2 Å². The second kappa shape index (κ2) is 7.77. The van der Waals surface area contributed by atoms with E-state index in [0.717, 1.165) is 44.8 Å². The Bertz CT molecular complexity index is 1320. The molecule has 1 aliphatic rings. The Labute approximate surface area is 178 Å². The molecule has 0 saturated carbocycles. The SMILES string of the molecule is CCCN1CCN(c2ccc3nc(-c4cc(F)c5nc(C)oc5c4)cc(=O)n3c2)CC1. The number of piperazine rings is 1. The molecule has 0 amide bonds. The number of hydrogen-bond donors (Lipinski definition) is 0. The van der Waals surface area contributed by atoms with Crippen molar-refractivity contribution in [2.45, 2.75) is 20.3 Å². The van der Waals surface area contributed by atoms with Gasteiger partial charge in [-0.25, -0.2) is 14.4 Å². The molecule has 0 radical (unpaired) electrons. The van der Waals surface area contributed by atoms with Crippen LogP contribution in [0.2, 0.25) is 0 Å². The number of rotatable bonds is 4. The third kappa shape index (κ3) is 3.67. The highest BCUT2D eigenvalue weighted by atomic mass is 19.1. The Balaban J connectivity index is 1.48. The average Bonchev–Trinajstić information content (AvgIpc) is 3.15. The van der Waals surface area contributed by atoms with Crippen LogP contribution >= 0.6 is 0 Å². The summed E-state index contributed by atoms with van der Waals surface area (Å²) >= 11 is 0. The van der Waals surface area contributed by atoms with Gasteiger partial charge in [0.15, 0.2) is 17.3 Å². The van der Waals surface area contributed by atoms with E-state index in [1.165, 1.54) is 12.1 Å². The number of hydrogen-bond acceptors (Lipinski definition) is 6. The van der Waals surface area contributed by atoms with E-state index in [2.05, 4.69) is 26.7 Å². The predicted octanol–water partition coefficient (Wildman–Crippen LogP) is 3.48. The summed E-state index contributed by atoms with van der Waals surface area (Å²) in [6.07, 6.45) is 3.00. The Morgan fingerprint density at radius 2 is 1.90 bits per heavy atom. The number of nitrogens with zero attached hydrogens (tertiary/aromatic N) is 5. The first-order valence-electron chi connectivity index (χ1n) is 10.6. The predicted molar refractivity (Wildman–Crippen MR) is 118 cm³/mol. The van der Waals surface area contributed by atoms with Crippen molar-refractivity contribution >= 4 is 22.4 Å². The summed E-state index contributed by atoms with van der Waals surface area (Å²) in [6, 6.07) is 8.27. The molecule has 4 aromatic rings. The first-order valence-corrected chi connectivity index (χ1v) is 10.6. The second-order valence-corrected chi connectivity index (χ2v) is 7.96. The molecule has 0 atom stereocenters. The zero-order chi connectivity index (χ0) is 21.5. The molecule has 0 unspecified atom stereocenters. The number of oxazole rings is 1. The molecule has 31 heavy (non-hydrogen) atoms. The molecule has 1 aromatic carbocycles. The van der Waals surface area contributed by atoms with Crippen LogP contribution in [-0.4, -0.2) is 52.0 Å². The summed E-state index contributed by atoms with van der Waals surface area (Å²) in [5.74, 6) is -0.107. The maximum atomic E-state index is 14.5. The van der Waals surface area contributed by atoms with Crippen molar-refractivity contribution in [3.63, 3.8) is 0 Å². The minimum absolute atomic E-state index is 0.183. The maximum Gasteiger partial charge on any atom is 0.258 e. The number of pyridine rings is 1. The molecular formula is C23H24FN5O2. The van der Waals surface area contributed by atoms with Crippen molar-refractivity contribution < 1.29 is 8.81 Å². The Hall–Kier alpha value is -3.26. The normalized spacial score (nSPS) is 15.3. The highest BCUT2D eigenvalue weighted by molar-refractivity contribution is 5.80. The highest BCUT2D eigenvalue weighted by Gasteiger charge is 2.18. The van der Waals surface area contributed by atoms with Crippen LogP contribution in [0.25, 0.3) is 28.0 Å². The second-order valence-electron chi connectivity index (χ2n) is 7.96. The molecule has 8 heteroatoms. The molecule has 0 spiro atoms. The first kappa shape index (κ1) is 19.7. The molecule has 160 valence electrons. The molecule has 3 aromatic heterocycles. The number of aromatic nitrogens is 3. The van der Waals surface area contributed by atoms with Gasteiger partial charge in [0.25, 0.3) is 5.56 Å². The van der Waals surface area contributed by atoms with Crippen molar-refractivity contribution in [1.29, 1.82) is 0 Å². The van der Waals surface area contributed by atoms with Crippen LogP contribution in [0.4, 0.5) is 10.1 Å². The van der Waals surface area contributed by atoms with E-state index in [-0.39, 0.29) is 11.1 Å². The van der Waals surface area contributed by atoms with E-state index in [1.54, 1.807) is 17.4 Å². The zero-order valence-electron chi connectivity index (χ0n) is 17.6. The van der Waals surface area contributed by atoms with Gasteiger partial charge in [-0.15, -0.1) is 0 Å². The number of anilines is 1. The van der Waals surface area contributed by atoms with Gasteiger partial charge in [0.1, 0.15) is 11.2 Å². The standard InChI is InChI=1S/C23H24FN5O2/c1-3-6-27-7-9-28(10-8-27)17-4-5-21-26-19(13-22(30)29(21)14-17)16-11-18(24)23-20(12-16)31-15(2)25-23/h4-5,11-14H,3,6-10H2,1-2H3. The molecule has 0 bridgehead atoms. The molecule has 7 nitrogen and oxygen atoms in total. The maximum absolute atomic E-state index is 14.5. The van der Waals surface area contributed by atoms with E-state index in [1.807, 2.05) is 18.3 Å². The summed E-state index contributed by atoms with van der Waals surface area (Å²) in [5.41, 5.74) is 2.72. The van der Waals surface area contributed by atoms with Crippen LogP contribution in [0.1, 0.15) is 19.2 Å². The van der Waals surface area contributed by atoms with Crippen molar-refractivity contribution in [2.24, 2.45) is 0 Å². The Morgan fingerprint density at radius 3 is 2.68 bits per heavy atom. The van der Waals surface area contributed by atoms with Crippen LogP contribution in [0.15, 0.2) is 45.7 Å². The molecule has 1 fully saturated rings. The van der Waals surface area contributed by atoms with Gasteiger partial charge in [-0.3, -0.25) is 14.1 Å². The molecule has 1 aliphatic heterocycles. The van der Waals surface area contributed by atoms with Gasteiger partial charge in [0, 0.05) is 50.9 Å². The lowest BCUT2D eigenvalue weighted by atomic mass is 10.1. The van der Waals surface area contributed by atoms with E-state index < -0.39 is 5.82 Å². The fraction of sp³-hybridized carbons (Fsp3) is 0.348. The smallest absolute Gasteiger partial charge is 0.258 e. The van der Waals surface area contributed by atoms with E-state index in [4.69, 9.17) is 4.42 Å². The topological polar surface area (TPSA) is 66.9 Å². The third-order valence-corrected chi connectivity index (χ3v) is 5.77. The zero-order valence-corrected chi connectivity index (χ0v) is 17.6. The summed E-state index contributed by atoms with van der Waals surface area (Å²) in [4.78, 5) is 26.3. The molecule has 4 heterocycles.